The van der Waals surface area contributed by atoms with Gasteiger partial charge < -0.3 is 14.8 Å². The first-order valence-electron chi connectivity index (χ1n) is 10.4. The Balaban J connectivity index is 1.76. The third-order valence-electron chi connectivity index (χ3n) is 6.23. The predicted molar refractivity (Wildman–Crippen MR) is 106 cm³/mol. The molecule has 0 aromatic carbocycles. The van der Waals surface area contributed by atoms with E-state index in [-0.39, 0.29) is 49.9 Å². The molecule has 3 fully saturated rings. The van der Waals surface area contributed by atoms with E-state index in [4.69, 9.17) is 9.47 Å². The van der Waals surface area contributed by atoms with Gasteiger partial charge in [0.1, 0.15) is 6.04 Å². The zero-order valence-electron chi connectivity index (χ0n) is 17.8. The maximum atomic E-state index is 13.9. The standard InChI is InChI=1S/C18H31F3N4O5S/c1-13-12-30-6-5-24(13)14-9-16(22-17(26)10-14)25-4-3-23(11-15(25)18(19,20)21)31(27,28)8-7-29-2/h13-16H,3-12H2,1-2H3,(H,22,26)/t13-,14?,15?,16?/m1/s1. The summed E-state index contributed by atoms with van der Waals surface area (Å²) in [6.45, 7) is 2.68. The first kappa shape index (κ1) is 24.6. The molecule has 9 nitrogen and oxygen atoms in total. The average Bonchev–Trinajstić information content (AvgIpc) is 2.71. The molecule has 3 aliphatic heterocycles. The number of piperazine rings is 1. The minimum absolute atomic E-state index is 0.0659. The molecule has 3 unspecified atom stereocenters. The van der Waals surface area contributed by atoms with Crippen LogP contribution in [0.15, 0.2) is 0 Å². The molecule has 3 saturated heterocycles. The van der Waals surface area contributed by atoms with E-state index < -0.39 is 35.0 Å². The van der Waals surface area contributed by atoms with E-state index in [9.17, 15) is 26.4 Å². The van der Waals surface area contributed by atoms with Crippen LogP contribution in [0.25, 0.3) is 0 Å². The Bertz CT molecular complexity index is 738. The molecular weight excluding hydrogens is 441 g/mol. The van der Waals surface area contributed by atoms with Crippen molar-refractivity contribution >= 4 is 15.9 Å². The van der Waals surface area contributed by atoms with Gasteiger partial charge in [-0.1, -0.05) is 0 Å². The van der Waals surface area contributed by atoms with E-state index in [2.05, 4.69) is 10.2 Å². The number of halogens is 3. The van der Waals surface area contributed by atoms with E-state index in [0.29, 0.717) is 26.2 Å². The van der Waals surface area contributed by atoms with Crippen LogP contribution in [0.1, 0.15) is 19.8 Å². The van der Waals surface area contributed by atoms with E-state index in [0.717, 1.165) is 4.31 Å². The number of ether oxygens (including phenoxy) is 2. The summed E-state index contributed by atoms with van der Waals surface area (Å²) in [6.07, 6.45) is -4.88. The van der Waals surface area contributed by atoms with Gasteiger partial charge in [0.25, 0.3) is 0 Å². The van der Waals surface area contributed by atoms with Crippen LogP contribution in [0.5, 0.6) is 0 Å². The van der Waals surface area contributed by atoms with Crippen molar-refractivity contribution in [1.29, 1.82) is 0 Å². The van der Waals surface area contributed by atoms with E-state index in [1.165, 1.54) is 12.0 Å². The number of amides is 1. The molecular formula is C18H31F3N4O5S. The molecule has 0 aromatic rings. The number of nitrogens with zero attached hydrogens (tertiary/aromatic N) is 3. The van der Waals surface area contributed by atoms with E-state index >= 15 is 0 Å². The predicted octanol–water partition coefficient (Wildman–Crippen LogP) is -0.163. The number of carbonyl (C=O) groups is 1. The molecule has 4 atom stereocenters. The lowest BCUT2D eigenvalue weighted by atomic mass is 9.97. The van der Waals surface area contributed by atoms with Gasteiger partial charge in [0, 0.05) is 51.8 Å². The Hall–Kier alpha value is -0.990. The Morgan fingerprint density at radius 2 is 1.97 bits per heavy atom. The van der Waals surface area contributed by atoms with Crippen molar-refractivity contribution in [2.45, 2.75) is 50.2 Å². The number of piperidine rings is 1. The van der Waals surface area contributed by atoms with Crippen molar-refractivity contribution in [3.63, 3.8) is 0 Å². The molecule has 3 rings (SSSR count). The molecule has 3 heterocycles. The molecule has 0 spiro atoms. The minimum Gasteiger partial charge on any atom is -0.384 e. The zero-order chi connectivity index (χ0) is 22.8. The fourth-order valence-electron chi connectivity index (χ4n) is 4.62. The van der Waals surface area contributed by atoms with E-state index in [1.54, 1.807) is 0 Å². The Morgan fingerprint density at radius 3 is 2.61 bits per heavy atom. The summed E-state index contributed by atoms with van der Waals surface area (Å²) in [6, 6.07) is -2.11. The lowest BCUT2D eigenvalue weighted by Gasteiger charge is -2.49. The molecule has 0 bridgehead atoms. The van der Waals surface area contributed by atoms with Crippen LogP contribution < -0.4 is 5.32 Å². The summed E-state index contributed by atoms with van der Waals surface area (Å²) in [5.74, 6) is -0.665. The smallest absolute Gasteiger partial charge is 0.384 e. The van der Waals surface area contributed by atoms with Crippen molar-refractivity contribution in [3.05, 3.63) is 0 Å². The van der Waals surface area contributed by atoms with Crippen molar-refractivity contribution in [2.24, 2.45) is 0 Å². The first-order valence-corrected chi connectivity index (χ1v) is 12.1. The van der Waals surface area contributed by atoms with Crippen molar-refractivity contribution in [1.82, 2.24) is 19.4 Å². The molecule has 0 radical (unpaired) electrons. The Labute approximate surface area is 180 Å². The van der Waals surface area contributed by atoms with Crippen LogP contribution in [0.3, 0.4) is 0 Å². The Kier molecular flexibility index (Phi) is 7.85. The van der Waals surface area contributed by atoms with Crippen molar-refractivity contribution < 1.29 is 35.9 Å². The normalized spacial score (nSPS) is 32.7. The monoisotopic (exact) mass is 472 g/mol. The average molecular weight is 473 g/mol. The lowest BCUT2D eigenvalue weighted by Crippen LogP contribution is -2.68. The van der Waals surface area contributed by atoms with Crippen molar-refractivity contribution in [2.75, 3.05) is 58.9 Å². The van der Waals surface area contributed by atoms with Gasteiger partial charge in [-0.05, 0) is 13.3 Å². The van der Waals surface area contributed by atoms with Crippen LogP contribution in [-0.2, 0) is 24.3 Å². The Morgan fingerprint density at radius 1 is 1.23 bits per heavy atom. The quantitative estimate of drug-likeness (QED) is 0.574. The molecule has 31 heavy (non-hydrogen) atoms. The topological polar surface area (TPSA) is 91.4 Å². The highest BCUT2D eigenvalue weighted by molar-refractivity contribution is 7.89. The highest BCUT2D eigenvalue weighted by Crippen LogP contribution is 2.32. The molecule has 0 saturated carbocycles. The van der Waals surface area contributed by atoms with Gasteiger partial charge >= 0.3 is 6.18 Å². The molecule has 1 amide bonds. The maximum absolute atomic E-state index is 13.9. The van der Waals surface area contributed by atoms with Crippen LogP contribution in [0, 0.1) is 0 Å². The summed E-state index contributed by atoms with van der Waals surface area (Å²) < 4.78 is 77.8. The molecule has 13 heteroatoms. The van der Waals surface area contributed by atoms with Gasteiger partial charge in [0.2, 0.25) is 15.9 Å². The number of methoxy groups -OCH3 is 1. The highest BCUT2D eigenvalue weighted by Gasteiger charge is 2.51. The summed E-state index contributed by atoms with van der Waals surface area (Å²) in [7, 11) is -2.53. The zero-order valence-corrected chi connectivity index (χ0v) is 18.6. The van der Waals surface area contributed by atoms with Crippen LogP contribution in [0.4, 0.5) is 13.2 Å². The fraction of sp³-hybridized carbons (Fsp3) is 0.944. The fourth-order valence-corrected chi connectivity index (χ4v) is 5.98. The second kappa shape index (κ2) is 9.87. The number of morpholine rings is 1. The third kappa shape index (κ3) is 5.88. The van der Waals surface area contributed by atoms with Crippen LogP contribution in [-0.4, -0.2) is 118 Å². The summed E-state index contributed by atoms with van der Waals surface area (Å²) >= 11 is 0. The molecule has 0 aromatic heterocycles. The third-order valence-corrected chi connectivity index (χ3v) is 8.03. The summed E-state index contributed by atoms with van der Waals surface area (Å²) in [4.78, 5) is 15.7. The molecule has 0 aliphatic carbocycles. The van der Waals surface area contributed by atoms with Gasteiger partial charge in [-0.3, -0.25) is 14.6 Å². The highest BCUT2D eigenvalue weighted by atomic mass is 32.2. The lowest BCUT2D eigenvalue weighted by molar-refractivity contribution is -0.203. The molecule has 180 valence electrons. The van der Waals surface area contributed by atoms with Crippen LogP contribution >= 0.6 is 0 Å². The van der Waals surface area contributed by atoms with Gasteiger partial charge in [0.05, 0.1) is 31.7 Å². The summed E-state index contributed by atoms with van der Waals surface area (Å²) in [5.41, 5.74) is 0. The van der Waals surface area contributed by atoms with Crippen LogP contribution in [0.2, 0.25) is 0 Å². The van der Waals surface area contributed by atoms with Crippen molar-refractivity contribution in [3.8, 4) is 0 Å². The largest absolute Gasteiger partial charge is 0.405 e. The molecule has 3 aliphatic rings. The number of sulfonamides is 1. The number of rotatable bonds is 6. The summed E-state index contributed by atoms with van der Waals surface area (Å²) in [5, 5.41) is 2.70. The minimum atomic E-state index is -4.64. The van der Waals surface area contributed by atoms with Gasteiger partial charge in [0.15, 0.2) is 0 Å². The number of alkyl halides is 3. The van der Waals surface area contributed by atoms with E-state index in [1.807, 2.05) is 6.92 Å². The maximum Gasteiger partial charge on any atom is 0.405 e. The molecule has 1 N–H and O–H groups in total. The number of hydrogen-bond acceptors (Lipinski definition) is 7. The van der Waals surface area contributed by atoms with Gasteiger partial charge in [-0.25, -0.2) is 8.42 Å². The second-order valence-corrected chi connectivity index (χ2v) is 10.4. The number of hydrogen-bond donors (Lipinski definition) is 1. The number of carbonyl (C=O) groups excluding carboxylic acids is 1. The van der Waals surface area contributed by atoms with Gasteiger partial charge in [-0.2, -0.15) is 17.5 Å². The number of nitrogens with one attached hydrogen (secondary N) is 1. The van der Waals surface area contributed by atoms with Gasteiger partial charge in [-0.15, -0.1) is 0 Å². The SMILES string of the molecule is COCCS(=O)(=O)N1CCN(C2CC(N3CCOC[C@H]3C)CC(=O)N2)C(C(F)(F)F)C1. The second-order valence-electron chi connectivity index (χ2n) is 8.30. The first-order chi connectivity index (χ1) is 14.5.